The van der Waals surface area contributed by atoms with Crippen molar-refractivity contribution < 1.29 is 13.9 Å². The number of hydrogen-bond acceptors (Lipinski definition) is 3. The zero-order valence-corrected chi connectivity index (χ0v) is 15.1. The van der Waals surface area contributed by atoms with E-state index in [9.17, 15) is 9.18 Å². The summed E-state index contributed by atoms with van der Waals surface area (Å²) in [7, 11) is 0. The van der Waals surface area contributed by atoms with Crippen molar-refractivity contribution in [1.82, 2.24) is 0 Å². The summed E-state index contributed by atoms with van der Waals surface area (Å²) in [5.74, 6) is -0.0911. The molecule has 24 heavy (non-hydrogen) atoms. The van der Waals surface area contributed by atoms with Crippen LogP contribution in [0.4, 0.5) is 4.39 Å². The topological polar surface area (TPSA) is 26.3 Å². The molecule has 2 aromatic rings. The molecule has 0 amide bonds. The zero-order chi connectivity index (χ0) is 17.5. The van der Waals surface area contributed by atoms with Crippen LogP contribution in [0.5, 0.6) is 0 Å². The number of carbonyl (C=O) groups excluding carboxylic acids is 1. The van der Waals surface area contributed by atoms with Crippen LogP contribution in [0, 0.1) is 5.82 Å². The van der Waals surface area contributed by atoms with E-state index in [1.165, 1.54) is 17.8 Å². The van der Waals surface area contributed by atoms with Crippen molar-refractivity contribution in [2.24, 2.45) is 0 Å². The molecule has 0 fully saturated rings. The van der Waals surface area contributed by atoms with Crippen LogP contribution in [-0.2, 0) is 9.53 Å². The van der Waals surface area contributed by atoms with Crippen LogP contribution in [0.2, 0.25) is 5.02 Å². The fourth-order valence-electron chi connectivity index (χ4n) is 2.67. The van der Waals surface area contributed by atoms with Crippen molar-refractivity contribution in [2.45, 2.75) is 24.3 Å². The number of hydrogen-bond donors (Lipinski definition) is 0. The van der Waals surface area contributed by atoms with Crippen LogP contribution in [0.25, 0.3) is 11.3 Å². The lowest BCUT2D eigenvalue weighted by atomic mass is 9.92. The smallest absolute Gasteiger partial charge is 0.210 e. The lowest BCUT2D eigenvalue weighted by Crippen LogP contribution is -2.29. The summed E-state index contributed by atoms with van der Waals surface area (Å²) in [5, 5.41) is 0.528. The predicted octanol–water partition coefficient (Wildman–Crippen LogP) is 5.45. The second-order valence-electron chi connectivity index (χ2n) is 6.01. The molecule has 0 saturated carbocycles. The van der Waals surface area contributed by atoms with Crippen LogP contribution in [0.15, 0.2) is 47.4 Å². The molecule has 0 unspecified atom stereocenters. The number of carbonyl (C=O) groups is 1. The Hall–Kier alpha value is -1.78. The van der Waals surface area contributed by atoms with Crippen molar-refractivity contribution in [1.29, 1.82) is 0 Å². The summed E-state index contributed by atoms with van der Waals surface area (Å²) >= 11 is 7.39. The monoisotopic (exact) mass is 362 g/mol. The number of thioether (sulfide) groups is 1. The van der Waals surface area contributed by atoms with Gasteiger partial charge in [0.15, 0.2) is 5.60 Å². The van der Waals surface area contributed by atoms with Gasteiger partial charge in [0.25, 0.3) is 0 Å². The first-order chi connectivity index (χ1) is 11.3. The average molecular weight is 363 g/mol. The quantitative estimate of drug-likeness (QED) is 0.679. The molecule has 3 rings (SSSR count). The van der Waals surface area contributed by atoms with E-state index in [1.807, 2.05) is 6.26 Å². The van der Waals surface area contributed by atoms with Crippen LogP contribution in [-0.4, -0.2) is 17.6 Å². The van der Waals surface area contributed by atoms with E-state index in [0.717, 1.165) is 0 Å². The average Bonchev–Trinajstić information content (AvgIpc) is 2.77. The Morgan fingerprint density at radius 2 is 1.88 bits per heavy atom. The molecule has 0 radical (unpaired) electrons. The molecule has 0 aliphatic carbocycles. The van der Waals surface area contributed by atoms with Gasteiger partial charge < -0.3 is 4.74 Å². The summed E-state index contributed by atoms with van der Waals surface area (Å²) < 4.78 is 20.1. The van der Waals surface area contributed by atoms with Crippen LogP contribution < -0.4 is 0 Å². The first-order valence-electron chi connectivity index (χ1n) is 7.41. The minimum Gasteiger partial charge on any atom is -0.478 e. The molecule has 0 N–H and O–H groups in total. The maximum Gasteiger partial charge on any atom is 0.210 e. The largest absolute Gasteiger partial charge is 0.478 e. The Morgan fingerprint density at radius 1 is 1.12 bits per heavy atom. The summed E-state index contributed by atoms with van der Waals surface area (Å²) in [6.45, 7) is 3.42. The maximum absolute atomic E-state index is 14.2. The van der Waals surface area contributed by atoms with E-state index in [2.05, 4.69) is 0 Å². The normalized spacial score (nSPS) is 16.5. The van der Waals surface area contributed by atoms with E-state index >= 15 is 0 Å². The van der Waals surface area contributed by atoms with Crippen LogP contribution in [0.3, 0.4) is 0 Å². The molecule has 0 saturated heterocycles. The van der Waals surface area contributed by atoms with Gasteiger partial charge in [-0.15, -0.1) is 11.8 Å². The minimum atomic E-state index is -0.998. The predicted molar refractivity (Wildman–Crippen MR) is 96.6 cm³/mol. The number of benzene rings is 2. The van der Waals surface area contributed by atoms with Gasteiger partial charge in [0, 0.05) is 15.5 Å². The highest BCUT2D eigenvalue weighted by Gasteiger charge is 2.42. The third kappa shape index (κ3) is 2.96. The van der Waals surface area contributed by atoms with Crippen LogP contribution >= 0.6 is 23.4 Å². The Bertz CT molecular complexity index is 858. The maximum atomic E-state index is 14.2. The fraction of sp³-hybridized carbons (Fsp3) is 0.211. The molecule has 0 aromatic heterocycles. The number of halogens is 2. The number of Topliss-reactive ketones (excluding diaryl/α,β-unsaturated/α-hetero) is 1. The molecule has 2 aromatic carbocycles. The molecule has 1 heterocycles. The Balaban J connectivity index is 2.20. The van der Waals surface area contributed by atoms with Gasteiger partial charge in [0.1, 0.15) is 11.6 Å². The summed E-state index contributed by atoms with van der Waals surface area (Å²) in [4.78, 5) is 13.4. The first-order valence-corrected chi connectivity index (χ1v) is 9.01. The van der Waals surface area contributed by atoms with E-state index in [1.54, 1.807) is 50.2 Å². The standard InChI is InChI=1S/C19H16ClFO2S/c1-19(2)18(22)16(11-5-4-6-13(20)9-11)17(23-19)12-7-8-15(24-3)14(21)10-12/h4-10H,1-3H3. The summed E-state index contributed by atoms with van der Waals surface area (Å²) in [6, 6.07) is 11.9. The van der Waals surface area contributed by atoms with E-state index in [-0.39, 0.29) is 11.6 Å². The Kier molecular flexibility index (Phi) is 4.45. The molecular formula is C19H16ClFO2S. The molecule has 0 bridgehead atoms. The molecule has 124 valence electrons. The second kappa shape index (κ2) is 6.26. The third-order valence-corrected chi connectivity index (χ3v) is 4.89. The molecule has 2 nitrogen and oxygen atoms in total. The highest BCUT2D eigenvalue weighted by molar-refractivity contribution is 7.98. The van der Waals surface area contributed by atoms with Crippen molar-refractivity contribution in [2.75, 3.05) is 6.26 Å². The first kappa shape index (κ1) is 17.1. The van der Waals surface area contributed by atoms with E-state index in [0.29, 0.717) is 32.4 Å². The Labute approximate surface area is 149 Å². The molecular weight excluding hydrogens is 347 g/mol. The van der Waals surface area contributed by atoms with Crippen LogP contribution in [0.1, 0.15) is 25.0 Å². The SMILES string of the molecule is CSc1ccc(C2=C(c3cccc(Cl)c3)C(=O)C(C)(C)O2)cc1F. The van der Waals surface area contributed by atoms with Gasteiger partial charge >= 0.3 is 0 Å². The van der Waals surface area contributed by atoms with Gasteiger partial charge in [-0.3, -0.25) is 4.79 Å². The van der Waals surface area contributed by atoms with Gasteiger partial charge in [-0.2, -0.15) is 0 Å². The summed E-state index contributed by atoms with van der Waals surface area (Å²) in [6.07, 6.45) is 1.81. The Morgan fingerprint density at radius 3 is 2.50 bits per heavy atom. The number of ether oxygens (including phenoxy) is 1. The lowest BCUT2D eigenvalue weighted by molar-refractivity contribution is -0.125. The van der Waals surface area contributed by atoms with Crippen molar-refractivity contribution in [3.8, 4) is 0 Å². The number of ketones is 1. The minimum absolute atomic E-state index is 0.144. The molecule has 0 spiro atoms. The lowest BCUT2D eigenvalue weighted by Gasteiger charge is -2.18. The number of rotatable bonds is 3. The van der Waals surface area contributed by atoms with E-state index < -0.39 is 5.60 Å². The highest BCUT2D eigenvalue weighted by Crippen LogP contribution is 2.42. The van der Waals surface area contributed by atoms with E-state index in [4.69, 9.17) is 16.3 Å². The fourth-order valence-corrected chi connectivity index (χ4v) is 3.32. The van der Waals surface area contributed by atoms with Crippen molar-refractivity contribution >= 4 is 40.5 Å². The van der Waals surface area contributed by atoms with Gasteiger partial charge in [-0.1, -0.05) is 23.7 Å². The van der Waals surface area contributed by atoms with Gasteiger partial charge in [0.05, 0.1) is 5.57 Å². The van der Waals surface area contributed by atoms with Crippen molar-refractivity contribution in [3.05, 3.63) is 64.4 Å². The highest BCUT2D eigenvalue weighted by atomic mass is 35.5. The second-order valence-corrected chi connectivity index (χ2v) is 7.29. The van der Waals surface area contributed by atoms with Crippen molar-refractivity contribution in [3.63, 3.8) is 0 Å². The molecule has 0 atom stereocenters. The molecule has 1 aliphatic heterocycles. The molecule has 1 aliphatic rings. The zero-order valence-electron chi connectivity index (χ0n) is 13.5. The van der Waals surface area contributed by atoms with Gasteiger partial charge in [0.2, 0.25) is 5.78 Å². The van der Waals surface area contributed by atoms with Gasteiger partial charge in [-0.25, -0.2) is 4.39 Å². The summed E-state index contributed by atoms with van der Waals surface area (Å²) in [5.41, 5.74) is 0.641. The van der Waals surface area contributed by atoms with Gasteiger partial charge in [-0.05, 0) is 56.0 Å². The third-order valence-electron chi connectivity index (χ3n) is 3.89. The molecule has 5 heteroatoms.